The second kappa shape index (κ2) is 8.85. The van der Waals surface area contributed by atoms with Crippen LogP contribution in [0.5, 0.6) is 5.75 Å². The van der Waals surface area contributed by atoms with Crippen molar-refractivity contribution in [2.24, 2.45) is 0 Å². The van der Waals surface area contributed by atoms with E-state index < -0.39 is 6.10 Å². The van der Waals surface area contributed by atoms with Gasteiger partial charge in [-0.15, -0.1) is 0 Å². The van der Waals surface area contributed by atoms with Crippen LogP contribution in [0, 0.1) is 5.21 Å². The third kappa shape index (κ3) is 4.98. The van der Waals surface area contributed by atoms with Crippen LogP contribution in [0.25, 0.3) is 11.6 Å². The average molecular weight is 388 g/mol. The van der Waals surface area contributed by atoms with Gasteiger partial charge in [-0.1, -0.05) is 6.07 Å². The van der Waals surface area contributed by atoms with Crippen LogP contribution >= 0.6 is 0 Å². The van der Waals surface area contributed by atoms with E-state index in [9.17, 15) is 10.3 Å². The molecule has 0 spiro atoms. The van der Waals surface area contributed by atoms with Crippen LogP contribution in [0.4, 0.5) is 5.69 Å². The molecule has 1 aromatic carbocycles. The number of hydrogen-bond acceptors (Lipinski definition) is 6. The number of hydroxylamine groups is 1. The van der Waals surface area contributed by atoms with E-state index in [0.717, 1.165) is 16.8 Å². The monoisotopic (exact) mass is 388 g/mol. The lowest BCUT2D eigenvalue weighted by Crippen LogP contribution is -3.00. The second-order valence-electron chi connectivity index (χ2n) is 7.66. The molecule has 0 amide bonds. The highest BCUT2D eigenvalue weighted by Crippen LogP contribution is 2.35. The smallest absolute Gasteiger partial charge is 0.143 e. The largest absolute Gasteiger partial charge is 0.629 e. The molecule has 2 atom stereocenters. The minimum Gasteiger partial charge on any atom is -0.629 e. The molecule has 1 aromatic heterocycles. The van der Waals surface area contributed by atoms with Gasteiger partial charge in [0.15, 0.2) is 0 Å². The molecule has 8 nitrogen and oxygen atoms in total. The Morgan fingerprint density at radius 1 is 1.43 bits per heavy atom. The van der Waals surface area contributed by atoms with Crippen molar-refractivity contribution in [2.45, 2.75) is 31.9 Å². The summed E-state index contributed by atoms with van der Waals surface area (Å²) in [5.74, 6) is 0.586. The molecule has 5 N–H and O–H groups in total. The number of hydrogen-bond donors (Lipinski definition) is 5. The third-order valence-corrected chi connectivity index (χ3v) is 4.84. The highest BCUT2D eigenvalue weighted by molar-refractivity contribution is 5.89. The molecule has 1 aliphatic rings. The van der Waals surface area contributed by atoms with E-state index in [4.69, 9.17) is 9.84 Å². The number of aromatic amines is 1. The molecule has 0 bridgehead atoms. The summed E-state index contributed by atoms with van der Waals surface area (Å²) in [6.45, 7) is 4.79. The summed E-state index contributed by atoms with van der Waals surface area (Å²) in [7, 11) is 0. The van der Waals surface area contributed by atoms with Gasteiger partial charge >= 0.3 is 0 Å². The molecule has 2 unspecified atom stereocenters. The molecule has 152 valence electrons. The van der Waals surface area contributed by atoms with Crippen molar-refractivity contribution in [3.63, 3.8) is 0 Å². The fourth-order valence-electron chi connectivity index (χ4n) is 3.24. The van der Waals surface area contributed by atoms with Crippen LogP contribution in [0.1, 0.15) is 31.5 Å². The summed E-state index contributed by atoms with van der Waals surface area (Å²) in [5, 5.41) is 41.8. The molecular formula is C20H28N4O4. The predicted molar refractivity (Wildman–Crippen MR) is 107 cm³/mol. The maximum Gasteiger partial charge on any atom is 0.143 e. The van der Waals surface area contributed by atoms with E-state index in [1.54, 1.807) is 18.3 Å². The minimum absolute atomic E-state index is 0.0548. The van der Waals surface area contributed by atoms with E-state index in [2.05, 4.69) is 15.5 Å². The van der Waals surface area contributed by atoms with Gasteiger partial charge in [0, 0.05) is 36.5 Å². The first kappa shape index (κ1) is 20.5. The van der Waals surface area contributed by atoms with Gasteiger partial charge in [-0.2, -0.15) is 5.10 Å². The van der Waals surface area contributed by atoms with Gasteiger partial charge in [0.1, 0.15) is 30.7 Å². The Balaban J connectivity index is 1.69. The number of β-amino-alcohol motifs (C(OH)–C–C–N with tert-alkyl or cyclic N) is 1. The molecule has 0 saturated heterocycles. The lowest BCUT2D eigenvalue weighted by molar-refractivity contribution is -0.762. The molecule has 28 heavy (non-hydrogen) atoms. The number of rotatable bonds is 9. The number of aliphatic hydroxyl groups excluding tert-OH is 2. The number of fused-ring (bicyclic) bond motifs is 1. The fraction of sp³-hybridized carbons (Fsp3) is 0.450. The highest BCUT2D eigenvalue weighted by Gasteiger charge is 2.28. The summed E-state index contributed by atoms with van der Waals surface area (Å²) in [5.41, 5.74) is 2.84. The average Bonchev–Trinajstić information content (AvgIpc) is 3.27. The highest BCUT2D eigenvalue weighted by atomic mass is 16.5. The van der Waals surface area contributed by atoms with Crippen LogP contribution in [0.15, 0.2) is 30.5 Å². The van der Waals surface area contributed by atoms with E-state index >= 15 is 0 Å². The van der Waals surface area contributed by atoms with Gasteiger partial charge in [-0.05, 0) is 38.5 Å². The molecule has 0 saturated carbocycles. The van der Waals surface area contributed by atoms with Crippen molar-refractivity contribution in [1.82, 2.24) is 15.5 Å². The summed E-state index contributed by atoms with van der Waals surface area (Å²) in [6.07, 6.45) is 3.44. The van der Waals surface area contributed by atoms with E-state index in [1.807, 2.05) is 32.1 Å². The molecule has 2 heterocycles. The van der Waals surface area contributed by atoms with E-state index in [0.29, 0.717) is 30.9 Å². The van der Waals surface area contributed by atoms with Gasteiger partial charge in [0.05, 0.1) is 11.3 Å². The molecule has 2 aromatic rings. The number of nitrogens with one attached hydrogen (secondary N) is 3. The van der Waals surface area contributed by atoms with Crippen molar-refractivity contribution in [3.8, 4) is 5.75 Å². The Bertz CT molecular complexity index is 805. The summed E-state index contributed by atoms with van der Waals surface area (Å²) in [6, 6.07) is 7.24. The van der Waals surface area contributed by atoms with Crippen molar-refractivity contribution < 1.29 is 20.0 Å². The van der Waals surface area contributed by atoms with Crippen LogP contribution in [0.2, 0.25) is 0 Å². The SMILES string of the molecule is CC(C)(CCO)NCC(O)COc1cccc2c1C(=Cc1ccn[nH]1)C[NH+]2[O-]. The Kier molecular flexibility index (Phi) is 6.48. The topological polar surface area (TPSA) is 118 Å². The van der Waals surface area contributed by atoms with Crippen LogP contribution < -0.4 is 15.1 Å². The van der Waals surface area contributed by atoms with Gasteiger partial charge in [-0.3, -0.25) is 5.10 Å². The van der Waals surface area contributed by atoms with Gasteiger partial charge in [0.2, 0.25) is 0 Å². The van der Waals surface area contributed by atoms with Crippen LogP contribution in [-0.2, 0) is 0 Å². The molecule has 0 fully saturated rings. The van der Waals surface area contributed by atoms with Gasteiger partial charge in [0.25, 0.3) is 0 Å². The van der Waals surface area contributed by atoms with E-state index in [1.165, 1.54) is 0 Å². The number of aliphatic hydroxyl groups is 2. The van der Waals surface area contributed by atoms with Crippen LogP contribution in [0.3, 0.4) is 0 Å². The Labute approximate surface area is 164 Å². The summed E-state index contributed by atoms with van der Waals surface area (Å²) < 4.78 is 5.88. The van der Waals surface area contributed by atoms with Gasteiger partial charge < -0.3 is 30.5 Å². The number of H-pyrrole nitrogens is 1. The number of benzene rings is 1. The van der Waals surface area contributed by atoms with E-state index in [-0.39, 0.29) is 23.8 Å². The fourth-order valence-corrected chi connectivity index (χ4v) is 3.24. The second-order valence-corrected chi connectivity index (χ2v) is 7.66. The molecule has 0 radical (unpaired) electrons. The summed E-state index contributed by atoms with van der Waals surface area (Å²) in [4.78, 5) is 0. The Morgan fingerprint density at radius 3 is 2.96 bits per heavy atom. The first-order valence-corrected chi connectivity index (χ1v) is 9.43. The van der Waals surface area contributed by atoms with Crippen LogP contribution in [-0.4, -0.2) is 58.4 Å². The third-order valence-electron chi connectivity index (χ3n) is 4.84. The lowest BCUT2D eigenvalue weighted by Gasteiger charge is -2.27. The molecule has 1 aliphatic heterocycles. The van der Waals surface area contributed by atoms with Crippen molar-refractivity contribution in [2.75, 3.05) is 26.3 Å². The number of ether oxygens (including phenoxy) is 1. The minimum atomic E-state index is -0.717. The maximum absolute atomic E-state index is 12.4. The molecule has 0 aliphatic carbocycles. The zero-order valence-electron chi connectivity index (χ0n) is 16.2. The van der Waals surface area contributed by atoms with Crippen molar-refractivity contribution >= 4 is 17.3 Å². The van der Waals surface area contributed by atoms with Crippen molar-refractivity contribution in [1.29, 1.82) is 0 Å². The first-order chi connectivity index (χ1) is 13.4. The molecule has 3 rings (SSSR count). The number of aromatic nitrogens is 2. The zero-order chi connectivity index (χ0) is 20.1. The molecule has 8 heteroatoms. The standard InChI is InChI=1S/C20H28N4O4/c1-20(2,7-9-25)21-11-16(26)13-28-18-5-3-4-17-19(18)14(12-24(17)27)10-15-6-8-22-23-15/h3-6,8,10,16,21,24-26H,7,9,11-13H2,1-2H3,(H,22,23). The lowest BCUT2D eigenvalue weighted by atomic mass is 10.0. The zero-order valence-corrected chi connectivity index (χ0v) is 16.2. The maximum atomic E-state index is 12.4. The predicted octanol–water partition coefficient (Wildman–Crippen LogP) is 0.468. The normalized spacial score (nSPS) is 19.0. The number of quaternary nitrogens is 1. The summed E-state index contributed by atoms with van der Waals surface area (Å²) >= 11 is 0. The Hall–Kier alpha value is -2.23. The molecular weight excluding hydrogens is 360 g/mol. The van der Waals surface area contributed by atoms with Crippen molar-refractivity contribution in [3.05, 3.63) is 46.9 Å². The first-order valence-electron chi connectivity index (χ1n) is 9.43. The van der Waals surface area contributed by atoms with Gasteiger partial charge in [-0.25, -0.2) is 0 Å². The number of nitrogens with zero attached hydrogens (tertiary/aromatic N) is 1. The Morgan fingerprint density at radius 2 is 2.25 bits per heavy atom. The quantitative estimate of drug-likeness (QED) is 0.399.